The molecule has 7 nitrogen and oxygen atoms in total. The zero-order valence-electron chi connectivity index (χ0n) is 11.4. The highest BCUT2D eigenvalue weighted by atomic mass is 32.1. The molecule has 21 heavy (non-hydrogen) atoms. The Balaban J connectivity index is 1.68. The molecule has 8 heteroatoms. The standard InChI is InChI=1S/C13H16N6OS/c14-17-11-1-2-15-9-10(11)12(20)18-4-6-19(7-5-18)13-16-3-8-21-13/h1-3,8-9H,4-7,14H2,(H,15,17). The molecular weight excluding hydrogens is 288 g/mol. The van der Waals surface area contributed by atoms with Gasteiger partial charge in [-0.2, -0.15) is 0 Å². The van der Waals surface area contributed by atoms with Gasteiger partial charge >= 0.3 is 0 Å². The smallest absolute Gasteiger partial charge is 0.257 e. The molecule has 0 spiro atoms. The highest BCUT2D eigenvalue weighted by Crippen LogP contribution is 2.21. The van der Waals surface area contributed by atoms with Crippen molar-refractivity contribution in [1.82, 2.24) is 14.9 Å². The lowest BCUT2D eigenvalue weighted by Gasteiger charge is -2.34. The SMILES string of the molecule is NNc1ccncc1C(=O)N1CCN(c2nccs2)CC1. The summed E-state index contributed by atoms with van der Waals surface area (Å²) in [5.74, 6) is 5.39. The van der Waals surface area contributed by atoms with Crippen LogP contribution in [0.5, 0.6) is 0 Å². The lowest BCUT2D eigenvalue weighted by atomic mass is 10.2. The number of hydrogen-bond acceptors (Lipinski definition) is 7. The van der Waals surface area contributed by atoms with Gasteiger partial charge in [-0.25, -0.2) is 4.98 Å². The van der Waals surface area contributed by atoms with E-state index < -0.39 is 0 Å². The van der Waals surface area contributed by atoms with E-state index in [1.807, 2.05) is 10.3 Å². The summed E-state index contributed by atoms with van der Waals surface area (Å²) < 4.78 is 0. The molecule has 110 valence electrons. The van der Waals surface area contributed by atoms with Crippen LogP contribution in [-0.4, -0.2) is 47.0 Å². The van der Waals surface area contributed by atoms with Gasteiger partial charge in [0.2, 0.25) is 0 Å². The molecule has 2 aromatic heterocycles. The van der Waals surface area contributed by atoms with Crippen LogP contribution in [0.25, 0.3) is 0 Å². The molecule has 1 amide bonds. The van der Waals surface area contributed by atoms with E-state index in [1.54, 1.807) is 36.0 Å². The molecule has 2 aromatic rings. The van der Waals surface area contributed by atoms with Crippen molar-refractivity contribution < 1.29 is 4.79 Å². The van der Waals surface area contributed by atoms with Crippen molar-refractivity contribution in [1.29, 1.82) is 0 Å². The highest BCUT2D eigenvalue weighted by Gasteiger charge is 2.24. The van der Waals surface area contributed by atoms with Crippen LogP contribution in [0.15, 0.2) is 30.0 Å². The molecule has 0 aromatic carbocycles. The molecule has 0 unspecified atom stereocenters. The summed E-state index contributed by atoms with van der Waals surface area (Å²) in [4.78, 5) is 24.8. The minimum atomic E-state index is -0.0464. The summed E-state index contributed by atoms with van der Waals surface area (Å²) in [6, 6.07) is 1.69. The van der Waals surface area contributed by atoms with Gasteiger partial charge in [0.15, 0.2) is 5.13 Å². The number of hydrazine groups is 1. The van der Waals surface area contributed by atoms with Gasteiger partial charge in [0.25, 0.3) is 5.91 Å². The number of thiazole rings is 1. The second kappa shape index (κ2) is 6.06. The first-order valence-corrected chi connectivity index (χ1v) is 7.52. The van der Waals surface area contributed by atoms with Gasteiger partial charge in [-0.05, 0) is 6.07 Å². The van der Waals surface area contributed by atoms with E-state index in [1.165, 1.54) is 0 Å². The normalized spacial score (nSPS) is 15.1. The van der Waals surface area contributed by atoms with Crippen LogP contribution in [0.3, 0.4) is 0 Å². The van der Waals surface area contributed by atoms with Gasteiger partial charge in [-0.1, -0.05) is 0 Å². The molecule has 1 aliphatic rings. The molecule has 3 rings (SSSR count). The summed E-state index contributed by atoms with van der Waals surface area (Å²) in [7, 11) is 0. The van der Waals surface area contributed by atoms with Crippen molar-refractivity contribution in [2.75, 3.05) is 36.5 Å². The highest BCUT2D eigenvalue weighted by molar-refractivity contribution is 7.13. The number of pyridine rings is 1. The first kappa shape index (κ1) is 13.8. The monoisotopic (exact) mass is 304 g/mol. The van der Waals surface area contributed by atoms with Gasteiger partial charge in [0, 0.05) is 50.1 Å². The Bertz CT molecular complexity index is 609. The molecule has 0 radical (unpaired) electrons. The molecule has 0 aliphatic carbocycles. The lowest BCUT2D eigenvalue weighted by Crippen LogP contribution is -2.49. The molecule has 1 fully saturated rings. The van der Waals surface area contributed by atoms with Crippen molar-refractivity contribution >= 4 is 28.1 Å². The maximum Gasteiger partial charge on any atom is 0.257 e. The second-order valence-corrected chi connectivity index (χ2v) is 5.53. The van der Waals surface area contributed by atoms with E-state index in [2.05, 4.69) is 20.3 Å². The third-order valence-electron chi connectivity index (χ3n) is 3.46. The van der Waals surface area contributed by atoms with Crippen LogP contribution < -0.4 is 16.2 Å². The summed E-state index contributed by atoms with van der Waals surface area (Å²) in [5, 5.41) is 2.97. The number of anilines is 2. The quantitative estimate of drug-likeness (QED) is 0.644. The van der Waals surface area contributed by atoms with Gasteiger partial charge < -0.3 is 15.2 Å². The second-order valence-electron chi connectivity index (χ2n) is 4.66. The van der Waals surface area contributed by atoms with Crippen LogP contribution in [0.4, 0.5) is 10.8 Å². The minimum Gasteiger partial charge on any atom is -0.345 e. The predicted octanol–water partition coefficient (Wildman–Crippen LogP) is 0.786. The van der Waals surface area contributed by atoms with Gasteiger partial charge in [-0.15, -0.1) is 11.3 Å². The van der Waals surface area contributed by atoms with E-state index in [4.69, 9.17) is 5.84 Å². The first-order chi connectivity index (χ1) is 10.3. The first-order valence-electron chi connectivity index (χ1n) is 6.64. The largest absolute Gasteiger partial charge is 0.345 e. The molecule has 3 N–H and O–H groups in total. The number of rotatable bonds is 3. The number of carbonyl (C=O) groups is 1. The number of nitrogens with one attached hydrogen (secondary N) is 1. The molecule has 1 saturated heterocycles. The zero-order valence-corrected chi connectivity index (χ0v) is 12.2. The number of nitrogen functional groups attached to an aromatic ring is 1. The van der Waals surface area contributed by atoms with Gasteiger partial charge in [-0.3, -0.25) is 15.6 Å². The Kier molecular flexibility index (Phi) is 3.98. The maximum atomic E-state index is 12.5. The number of piperazine rings is 1. The Labute approximate surface area is 126 Å². The number of carbonyl (C=O) groups excluding carboxylic acids is 1. The fourth-order valence-electron chi connectivity index (χ4n) is 2.33. The Morgan fingerprint density at radius 3 is 2.76 bits per heavy atom. The number of aromatic nitrogens is 2. The van der Waals surface area contributed by atoms with Crippen LogP contribution >= 0.6 is 11.3 Å². The lowest BCUT2D eigenvalue weighted by molar-refractivity contribution is 0.0747. The van der Waals surface area contributed by atoms with Crippen molar-refractivity contribution in [2.24, 2.45) is 5.84 Å². The summed E-state index contributed by atoms with van der Waals surface area (Å²) in [6.45, 7) is 2.89. The molecule has 1 aliphatic heterocycles. The third kappa shape index (κ3) is 2.81. The van der Waals surface area contributed by atoms with Crippen molar-refractivity contribution in [2.45, 2.75) is 0 Å². The van der Waals surface area contributed by atoms with Crippen molar-refractivity contribution in [3.8, 4) is 0 Å². The van der Waals surface area contributed by atoms with Crippen LogP contribution in [0, 0.1) is 0 Å². The average molecular weight is 304 g/mol. The Morgan fingerprint density at radius 2 is 2.10 bits per heavy atom. The van der Waals surface area contributed by atoms with E-state index in [-0.39, 0.29) is 5.91 Å². The molecule has 0 atom stereocenters. The fourth-order valence-corrected chi connectivity index (χ4v) is 3.03. The van der Waals surface area contributed by atoms with E-state index in [9.17, 15) is 4.79 Å². The fraction of sp³-hybridized carbons (Fsp3) is 0.308. The zero-order chi connectivity index (χ0) is 14.7. The molecule has 0 bridgehead atoms. The Morgan fingerprint density at radius 1 is 1.29 bits per heavy atom. The number of amides is 1. The van der Waals surface area contributed by atoms with E-state index >= 15 is 0 Å². The third-order valence-corrected chi connectivity index (χ3v) is 4.30. The maximum absolute atomic E-state index is 12.5. The van der Waals surface area contributed by atoms with E-state index in [0.29, 0.717) is 24.3 Å². The topological polar surface area (TPSA) is 87.4 Å². The molecule has 0 saturated carbocycles. The van der Waals surface area contributed by atoms with E-state index in [0.717, 1.165) is 18.2 Å². The van der Waals surface area contributed by atoms with Gasteiger partial charge in [0.1, 0.15) is 0 Å². The predicted molar refractivity (Wildman–Crippen MR) is 82.3 cm³/mol. The van der Waals surface area contributed by atoms with Crippen LogP contribution in [-0.2, 0) is 0 Å². The summed E-state index contributed by atoms with van der Waals surface area (Å²) >= 11 is 1.62. The van der Waals surface area contributed by atoms with Crippen molar-refractivity contribution in [3.05, 3.63) is 35.6 Å². The van der Waals surface area contributed by atoms with Gasteiger partial charge in [0.05, 0.1) is 11.3 Å². The summed E-state index contributed by atoms with van der Waals surface area (Å²) in [5.41, 5.74) is 3.64. The number of hydrogen-bond donors (Lipinski definition) is 2. The van der Waals surface area contributed by atoms with Crippen LogP contribution in [0.2, 0.25) is 0 Å². The van der Waals surface area contributed by atoms with Crippen LogP contribution in [0.1, 0.15) is 10.4 Å². The molecule has 3 heterocycles. The Hall–Kier alpha value is -2.19. The average Bonchev–Trinajstić information content (AvgIpc) is 3.09. The number of nitrogens with two attached hydrogens (primary N) is 1. The number of nitrogens with zero attached hydrogens (tertiary/aromatic N) is 4. The summed E-state index contributed by atoms with van der Waals surface area (Å²) in [6.07, 6.45) is 4.95. The van der Waals surface area contributed by atoms with Crippen molar-refractivity contribution in [3.63, 3.8) is 0 Å². The minimum absolute atomic E-state index is 0.0464. The molecular formula is C13H16N6OS.